The molecule has 1 heterocycles. The third-order valence-corrected chi connectivity index (χ3v) is 3.26. The van der Waals surface area contributed by atoms with Crippen molar-refractivity contribution in [2.45, 2.75) is 4.90 Å². The summed E-state index contributed by atoms with van der Waals surface area (Å²) in [7, 11) is -4.28. The summed E-state index contributed by atoms with van der Waals surface area (Å²) in [5.74, 6) is 0. The average Bonchev–Trinajstić information content (AvgIpc) is 2.71. The van der Waals surface area contributed by atoms with Gasteiger partial charge in [-0.2, -0.15) is 23.3 Å². The molecule has 0 amide bonds. The van der Waals surface area contributed by atoms with Crippen molar-refractivity contribution >= 4 is 28.6 Å². The fourth-order valence-corrected chi connectivity index (χ4v) is 2.09. The zero-order valence-electron chi connectivity index (χ0n) is 8.89. The molecule has 0 bridgehead atoms. The molecule has 0 aliphatic rings. The van der Waals surface area contributed by atoms with Crippen LogP contribution in [0.15, 0.2) is 40.6 Å². The molecule has 0 aliphatic heterocycles. The van der Waals surface area contributed by atoms with Crippen LogP contribution < -0.4 is 0 Å². The summed E-state index contributed by atoms with van der Waals surface area (Å²) in [5, 5.41) is 10.1. The number of hydrogen-bond donors (Lipinski definition) is 2. The first-order valence-corrected chi connectivity index (χ1v) is 6.56. The van der Waals surface area contributed by atoms with Crippen molar-refractivity contribution in [1.82, 2.24) is 14.9 Å². The first-order valence-electron chi connectivity index (χ1n) is 4.71. The Bertz CT molecular complexity index is 745. The summed E-state index contributed by atoms with van der Waals surface area (Å²) in [6, 6.07) is 5.93. The van der Waals surface area contributed by atoms with Gasteiger partial charge in [0.25, 0.3) is 10.1 Å². The lowest BCUT2D eigenvalue weighted by Crippen LogP contribution is -2.03. The van der Waals surface area contributed by atoms with Gasteiger partial charge in [-0.1, -0.05) is 18.2 Å². The number of aromatic amines is 1. The summed E-state index contributed by atoms with van der Waals surface area (Å²) in [6.45, 7) is 0. The van der Waals surface area contributed by atoms with E-state index in [1.54, 1.807) is 6.07 Å². The van der Waals surface area contributed by atoms with E-state index in [1.165, 1.54) is 35.4 Å². The van der Waals surface area contributed by atoms with Crippen LogP contribution in [0.25, 0.3) is 0 Å². The number of aromatic nitrogens is 3. The van der Waals surface area contributed by atoms with Gasteiger partial charge in [-0.05, 0) is 18.3 Å². The van der Waals surface area contributed by atoms with Gasteiger partial charge < -0.3 is 0 Å². The van der Waals surface area contributed by atoms with Crippen molar-refractivity contribution in [3.05, 3.63) is 40.9 Å². The molecule has 1 aromatic carbocycles. The van der Waals surface area contributed by atoms with Gasteiger partial charge >= 0.3 is 0 Å². The monoisotopic (exact) mass is 284 g/mol. The fourth-order valence-electron chi connectivity index (χ4n) is 1.27. The number of benzene rings is 1. The topological polar surface area (TPSA) is 100 Å². The van der Waals surface area contributed by atoms with E-state index in [9.17, 15) is 8.42 Å². The van der Waals surface area contributed by atoms with Crippen LogP contribution in [0.4, 0.5) is 0 Å². The molecule has 0 aliphatic carbocycles. The van der Waals surface area contributed by atoms with Crippen LogP contribution in [0.1, 0.15) is 5.56 Å². The number of rotatable bonds is 3. The molecule has 0 radical (unpaired) electrons. The maximum Gasteiger partial charge on any atom is 0.295 e. The molecule has 2 aromatic rings. The Hall–Kier alpha value is -1.84. The van der Waals surface area contributed by atoms with E-state index in [1.807, 2.05) is 0 Å². The van der Waals surface area contributed by atoms with Gasteiger partial charge in [-0.15, -0.1) is 0 Å². The van der Waals surface area contributed by atoms with Crippen molar-refractivity contribution < 1.29 is 13.0 Å². The van der Waals surface area contributed by atoms with Crippen molar-refractivity contribution in [3.8, 4) is 0 Å². The highest BCUT2D eigenvalue weighted by molar-refractivity contribution is 7.86. The molecule has 2 N–H and O–H groups in total. The highest BCUT2D eigenvalue weighted by atomic mass is 32.2. The van der Waals surface area contributed by atoms with Gasteiger partial charge in [0.15, 0.2) is 0 Å². The zero-order valence-corrected chi connectivity index (χ0v) is 10.5. The molecule has 1 aromatic heterocycles. The van der Waals surface area contributed by atoms with Crippen molar-refractivity contribution in [2.75, 3.05) is 0 Å². The van der Waals surface area contributed by atoms with E-state index in [0.29, 0.717) is 0 Å². The number of H-pyrrole nitrogens is 1. The van der Waals surface area contributed by atoms with Crippen LogP contribution in [0, 0.1) is 4.77 Å². The minimum Gasteiger partial charge on any atom is -0.282 e. The van der Waals surface area contributed by atoms with Gasteiger partial charge in [0.1, 0.15) is 11.2 Å². The van der Waals surface area contributed by atoms with Crippen molar-refractivity contribution in [3.63, 3.8) is 0 Å². The largest absolute Gasteiger partial charge is 0.295 e. The van der Waals surface area contributed by atoms with Gasteiger partial charge in [-0.3, -0.25) is 9.65 Å². The second kappa shape index (κ2) is 4.80. The predicted octanol–water partition coefficient (Wildman–Crippen LogP) is 1.07. The van der Waals surface area contributed by atoms with E-state index < -0.39 is 10.1 Å². The molecule has 0 saturated heterocycles. The Balaban J connectivity index is 2.45. The van der Waals surface area contributed by atoms with Crippen LogP contribution >= 0.6 is 12.2 Å². The van der Waals surface area contributed by atoms with Gasteiger partial charge in [-0.25, -0.2) is 0 Å². The summed E-state index contributed by atoms with van der Waals surface area (Å²) in [5.41, 5.74) is 0.253. The summed E-state index contributed by atoms with van der Waals surface area (Å²) >= 11 is 4.87. The van der Waals surface area contributed by atoms with Gasteiger partial charge in [0, 0.05) is 5.56 Å². The first kappa shape index (κ1) is 12.6. The number of nitrogens with one attached hydrogen (secondary N) is 1. The molecule has 94 valence electrons. The zero-order chi connectivity index (χ0) is 13.2. The SMILES string of the molecule is O=S(=O)(O)c1ccccc1C=Nn1cn[nH]c1=S. The standard InChI is InChI=1S/C9H8N4O3S2/c14-18(15,16)8-4-2-1-3-7(8)5-11-13-6-10-12-9(13)17/h1-6H,(H,12,17)(H,14,15,16). The van der Waals surface area contributed by atoms with E-state index in [2.05, 4.69) is 15.3 Å². The third-order valence-electron chi connectivity index (χ3n) is 2.05. The highest BCUT2D eigenvalue weighted by Crippen LogP contribution is 2.12. The predicted molar refractivity (Wildman–Crippen MR) is 66.7 cm³/mol. The van der Waals surface area contributed by atoms with Crippen LogP contribution in [-0.2, 0) is 10.1 Å². The van der Waals surface area contributed by atoms with Crippen LogP contribution in [0.3, 0.4) is 0 Å². The van der Waals surface area contributed by atoms with E-state index in [4.69, 9.17) is 16.8 Å². The van der Waals surface area contributed by atoms with E-state index in [-0.39, 0.29) is 15.2 Å². The van der Waals surface area contributed by atoms with E-state index in [0.717, 1.165) is 0 Å². The fraction of sp³-hybridized carbons (Fsp3) is 0. The molecular weight excluding hydrogens is 276 g/mol. The van der Waals surface area contributed by atoms with Crippen LogP contribution in [0.2, 0.25) is 0 Å². The van der Waals surface area contributed by atoms with Crippen LogP contribution in [-0.4, -0.2) is 34.1 Å². The Labute approximate surface area is 108 Å². The van der Waals surface area contributed by atoms with Gasteiger partial charge in [0.2, 0.25) is 4.77 Å². The molecule has 0 atom stereocenters. The maximum absolute atomic E-state index is 11.1. The lowest BCUT2D eigenvalue weighted by atomic mass is 10.2. The maximum atomic E-state index is 11.1. The number of hydrogen-bond acceptors (Lipinski definition) is 5. The van der Waals surface area contributed by atoms with E-state index >= 15 is 0 Å². The summed E-state index contributed by atoms with van der Waals surface area (Å²) < 4.78 is 32.8. The number of nitrogens with zero attached hydrogens (tertiary/aromatic N) is 3. The summed E-state index contributed by atoms with van der Waals surface area (Å²) in [6.07, 6.45) is 2.61. The molecule has 2 rings (SSSR count). The lowest BCUT2D eigenvalue weighted by molar-refractivity contribution is 0.483. The smallest absolute Gasteiger partial charge is 0.282 e. The molecule has 7 nitrogen and oxygen atoms in total. The molecule has 0 spiro atoms. The molecule has 0 unspecified atom stereocenters. The quantitative estimate of drug-likeness (QED) is 0.499. The second-order valence-electron chi connectivity index (χ2n) is 3.26. The Morgan fingerprint density at radius 3 is 2.78 bits per heavy atom. The molecule has 9 heteroatoms. The average molecular weight is 284 g/mol. The molecular formula is C9H8N4O3S2. The van der Waals surface area contributed by atoms with Crippen LogP contribution in [0.5, 0.6) is 0 Å². The Kier molecular flexibility index (Phi) is 3.36. The second-order valence-corrected chi connectivity index (χ2v) is 5.04. The Morgan fingerprint density at radius 1 is 1.44 bits per heavy atom. The molecule has 0 saturated carbocycles. The normalized spacial score (nSPS) is 12.1. The molecule has 0 fully saturated rings. The Morgan fingerprint density at radius 2 is 2.17 bits per heavy atom. The van der Waals surface area contributed by atoms with Gasteiger partial charge in [0.05, 0.1) is 6.21 Å². The van der Waals surface area contributed by atoms with Crippen molar-refractivity contribution in [1.29, 1.82) is 0 Å². The van der Waals surface area contributed by atoms with Crippen molar-refractivity contribution in [2.24, 2.45) is 5.10 Å². The highest BCUT2D eigenvalue weighted by Gasteiger charge is 2.12. The third kappa shape index (κ3) is 2.70. The summed E-state index contributed by atoms with van der Waals surface area (Å²) in [4.78, 5) is -0.219. The lowest BCUT2D eigenvalue weighted by Gasteiger charge is -2.00. The minimum atomic E-state index is -4.28. The molecule has 18 heavy (non-hydrogen) atoms. The minimum absolute atomic E-state index is 0.219. The first-order chi connectivity index (χ1) is 8.48.